The summed E-state index contributed by atoms with van der Waals surface area (Å²) in [7, 11) is 0. The largest absolute Gasteiger partial charge is 0.446 e. The molecule has 1 rings (SSSR count). The quantitative estimate of drug-likeness (QED) is 0.255. The molecule has 0 bridgehead atoms. The molecule has 152 valence electrons. The smallest absolute Gasteiger partial charge is 0.434 e. The summed E-state index contributed by atoms with van der Waals surface area (Å²) in [5, 5.41) is 11.1. The maximum Gasteiger partial charge on any atom is 0.434 e. The molecule has 0 aliphatic carbocycles. The van der Waals surface area contributed by atoms with Crippen LogP contribution in [-0.2, 0) is 14.3 Å². The first kappa shape index (κ1) is 22.4. The number of nitrogens with one attached hydrogen (secondary N) is 1. The first-order valence-corrected chi connectivity index (χ1v) is 8.14. The third-order valence-corrected chi connectivity index (χ3v) is 2.83. The third-order valence-electron chi connectivity index (χ3n) is 2.83. The van der Waals surface area contributed by atoms with Crippen molar-refractivity contribution in [2.75, 3.05) is 0 Å². The van der Waals surface area contributed by atoms with Gasteiger partial charge in [-0.2, -0.15) is 5.01 Å². The molecular weight excluding hydrogens is 374 g/mol. The van der Waals surface area contributed by atoms with Gasteiger partial charge in [0.2, 0.25) is 0 Å². The summed E-state index contributed by atoms with van der Waals surface area (Å²) in [5.74, 6) is -1.13. The predicted octanol–water partition coefficient (Wildman–Crippen LogP) is 2.91. The van der Waals surface area contributed by atoms with Gasteiger partial charge in [0.1, 0.15) is 11.4 Å². The van der Waals surface area contributed by atoms with Crippen molar-refractivity contribution in [3.63, 3.8) is 0 Å². The van der Waals surface area contributed by atoms with Crippen LogP contribution in [0.5, 0.6) is 5.75 Å². The SMILES string of the molecule is C=C(C(=O)Oc1ccc([N+](=O)[O-])cc1)N(NC(=O)OC(C)C)C(=O)OC(C)C. The summed E-state index contributed by atoms with van der Waals surface area (Å²) in [6.45, 7) is 9.75. The van der Waals surface area contributed by atoms with Gasteiger partial charge in [-0.05, 0) is 39.8 Å². The lowest BCUT2D eigenvalue weighted by molar-refractivity contribution is -0.384. The van der Waals surface area contributed by atoms with E-state index in [4.69, 9.17) is 14.2 Å². The molecule has 1 N–H and O–H groups in total. The van der Waals surface area contributed by atoms with Crippen molar-refractivity contribution >= 4 is 23.8 Å². The number of hydrogen-bond acceptors (Lipinski definition) is 8. The number of nitro groups is 1. The maximum absolute atomic E-state index is 12.3. The first-order valence-electron chi connectivity index (χ1n) is 8.14. The highest BCUT2D eigenvalue weighted by atomic mass is 16.6. The zero-order valence-corrected chi connectivity index (χ0v) is 15.8. The molecule has 0 aliphatic rings. The molecule has 0 atom stereocenters. The highest BCUT2D eigenvalue weighted by Crippen LogP contribution is 2.18. The normalized spacial score (nSPS) is 10.2. The monoisotopic (exact) mass is 395 g/mol. The number of nitrogens with zero attached hydrogens (tertiary/aromatic N) is 2. The zero-order valence-electron chi connectivity index (χ0n) is 15.8. The van der Waals surface area contributed by atoms with Crippen molar-refractivity contribution in [1.82, 2.24) is 10.4 Å². The minimum absolute atomic E-state index is 0.0290. The summed E-state index contributed by atoms with van der Waals surface area (Å²) >= 11 is 0. The number of nitro benzene ring substituents is 1. The number of carbonyl (C=O) groups excluding carboxylic acids is 3. The van der Waals surface area contributed by atoms with Crippen LogP contribution in [-0.4, -0.2) is 40.3 Å². The van der Waals surface area contributed by atoms with E-state index < -0.39 is 41.0 Å². The second-order valence-electron chi connectivity index (χ2n) is 5.92. The van der Waals surface area contributed by atoms with E-state index in [9.17, 15) is 24.5 Å². The molecule has 1 aromatic rings. The second kappa shape index (κ2) is 9.90. The van der Waals surface area contributed by atoms with Crippen LogP contribution >= 0.6 is 0 Å². The molecule has 0 heterocycles. The van der Waals surface area contributed by atoms with Gasteiger partial charge in [-0.3, -0.25) is 10.1 Å². The molecule has 28 heavy (non-hydrogen) atoms. The van der Waals surface area contributed by atoms with E-state index in [1.807, 2.05) is 0 Å². The fraction of sp³-hybridized carbons (Fsp3) is 0.353. The second-order valence-corrected chi connectivity index (χ2v) is 5.92. The molecule has 1 aromatic carbocycles. The Morgan fingerprint density at radius 1 is 1.07 bits per heavy atom. The Balaban J connectivity index is 2.93. The van der Waals surface area contributed by atoms with Crippen LogP contribution in [0.2, 0.25) is 0 Å². The van der Waals surface area contributed by atoms with Crippen LogP contribution in [0.25, 0.3) is 0 Å². The van der Waals surface area contributed by atoms with E-state index in [0.717, 1.165) is 12.1 Å². The number of non-ortho nitro benzene ring substituents is 1. The third kappa shape index (κ3) is 6.94. The summed E-state index contributed by atoms with van der Waals surface area (Å²) < 4.78 is 14.8. The first-order chi connectivity index (χ1) is 13.0. The lowest BCUT2D eigenvalue weighted by atomic mass is 10.3. The molecule has 0 radical (unpaired) electrons. The van der Waals surface area contributed by atoms with Crippen molar-refractivity contribution < 1.29 is 33.5 Å². The molecule has 0 saturated carbocycles. The number of esters is 1. The van der Waals surface area contributed by atoms with Crippen molar-refractivity contribution in [3.05, 3.63) is 46.7 Å². The minimum Gasteiger partial charge on any atom is -0.446 e. The molecule has 0 aromatic heterocycles. The van der Waals surface area contributed by atoms with Crippen LogP contribution < -0.4 is 10.2 Å². The van der Waals surface area contributed by atoms with E-state index in [1.165, 1.54) is 12.1 Å². The van der Waals surface area contributed by atoms with Crippen LogP contribution in [0.15, 0.2) is 36.5 Å². The molecule has 0 aliphatic heterocycles. The van der Waals surface area contributed by atoms with Crippen molar-refractivity contribution in [2.24, 2.45) is 0 Å². The van der Waals surface area contributed by atoms with Gasteiger partial charge in [0, 0.05) is 12.1 Å². The Bertz CT molecular complexity index is 758. The average molecular weight is 395 g/mol. The van der Waals surface area contributed by atoms with E-state index in [-0.39, 0.29) is 11.4 Å². The summed E-state index contributed by atoms with van der Waals surface area (Å²) in [4.78, 5) is 46.3. The number of ether oxygens (including phenoxy) is 3. The number of amides is 2. The Morgan fingerprint density at radius 2 is 1.61 bits per heavy atom. The van der Waals surface area contributed by atoms with Gasteiger partial charge in [-0.25, -0.2) is 19.8 Å². The van der Waals surface area contributed by atoms with Gasteiger partial charge >= 0.3 is 18.2 Å². The number of carbonyl (C=O) groups is 3. The Hall–Kier alpha value is -3.63. The van der Waals surface area contributed by atoms with Gasteiger partial charge in [0.15, 0.2) is 0 Å². The van der Waals surface area contributed by atoms with Gasteiger partial charge in [-0.15, -0.1) is 0 Å². The van der Waals surface area contributed by atoms with E-state index in [1.54, 1.807) is 27.7 Å². The van der Waals surface area contributed by atoms with Gasteiger partial charge in [0.05, 0.1) is 17.1 Å². The maximum atomic E-state index is 12.3. The van der Waals surface area contributed by atoms with Gasteiger partial charge in [-0.1, -0.05) is 6.58 Å². The Morgan fingerprint density at radius 3 is 2.07 bits per heavy atom. The average Bonchev–Trinajstić information content (AvgIpc) is 2.58. The van der Waals surface area contributed by atoms with Crippen LogP contribution in [0.4, 0.5) is 15.3 Å². The fourth-order valence-corrected chi connectivity index (χ4v) is 1.70. The van der Waals surface area contributed by atoms with Gasteiger partial charge in [0.25, 0.3) is 5.69 Å². The van der Waals surface area contributed by atoms with Gasteiger partial charge < -0.3 is 14.2 Å². The van der Waals surface area contributed by atoms with Crippen LogP contribution in [0.1, 0.15) is 27.7 Å². The van der Waals surface area contributed by atoms with Crippen LogP contribution in [0, 0.1) is 10.1 Å². The predicted molar refractivity (Wildman–Crippen MR) is 96.1 cm³/mol. The Labute approximate surface area is 161 Å². The summed E-state index contributed by atoms with van der Waals surface area (Å²) in [6, 6.07) is 4.66. The molecule has 11 nitrogen and oxygen atoms in total. The molecule has 0 saturated heterocycles. The minimum atomic E-state index is -1.10. The zero-order chi connectivity index (χ0) is 21.4. The number of hydrogen-bond donors (Lipinski definition) is 1. The van der Waals surface area contributed by atoms with Crippen molar-refractivity contribution in [2.45, 2.75) is 39.9 Å². The molecule has 11 heteroatoms. The highest BCUT2D eigenvalue weighted by molar-refractivity contribution is 5.93. The topological polar surface area (TPSA) is 137 Å². The fourth-order valence-electron chi connectivity index (χ4n) is 1.70. The lowest BCUT2D eigenvalue weighted by Gasteiger charge is -2.24. The standard InChI is InChI=1S/C17H21N3O8/c1-10(2)26-16(22)18-19(17(23)27-11(3)4)12(5)15(21)28-14-8-6-13(7-9-14)20(24)25/h6-11H,5H2,1-4H3,(H,18,22). The van der Waals surface area contributed by atoms with E-state index in [2.05, 4.69) is 12.0 Å². The van der Waals surface area contributed by atoms with E-state index >= 15 is 0 Å². The van der Waals surface area contributed by atoms with E-state index in [0.29, 0.717) is 5.01 Å². The Kier molecular flexibility index (Phi) is 7.92. The van der Waals surface area contributed by atoms with Crippen LogP contribution in [0.3, 0.4) is 0 Å². The molecule has 0 spiro atoms. The highest BCUT2D eigenvalue weighted by Gasteiger charge is 2.28. The number of benzene rings is 1. The molecule has 0 fully saturated rings. The molecular formula is C17H21N3O8. The van der Waals surface area contributed by atoms with Crippen molar-refractivity contribution in [1.29, 1.82) is 0 Å². The number of hydrazine groups is 1. The molecule has 0 unspecified atom stereocenters. The molecule has 2 amide bonds. The summed E-state index contributed by atoms with van der Waals surface area (Å²) in [6.07, 6.45) is -3.12. The number of rotatable bonds is 6. The summed E-state index contributed by atoms with van der Waals surface area (Å²) in [5.41, 5.74) is 1.29. The lowest BCUT2D eigenvalue weighted by Crippen LogP contribution is -2.49. The van der Waals surface area contributed by atoms with Crippen molar-refractivity contribution in [3.8, 4) is 5.75 Å².